The summed E-state index contributed by atoms with van der Waals surface area (Å²) in [6.45, 7) is 1.65. The zero-order chi connectivity index (χ0) is 13.1. The average Bonchev–Trinajstić information content (AvgIpc) is 2.27. The summed E-state index contributed by atoms with van der Waals surface area (Å²) in [4.78, 5) is 11.1. The van der Waals surface area contributed by atoms with Crippen molar-refractivity contribution in [2.75, 3.05) is 7.11 Å². The Labute approximate surface area is 98.7 Å². The first-order valence-corrected chi connectivity index (χ1v) is 5.75. The highest BCUT2D eigenvalue weighted by Gasteiger charge is 2.41. The normalized spacial score (nSPS) is 27.6. The second-order valence-corrected chi connectivity index (χ2v) is 4.50. The van der Waals surface area contributed by atoms with Crippen LogP contribution in [0.2, 0.25) is 0 Å². The van der Waals surface area contributed by atoms with E-state index in [0.717, 1.165) is 0 Å². The number of carbonyl (C=O) groups is 1. The Bertz CT molecular complexity index is 260. The molecule has 0 aliphatic heterocycles. The van der Waals surface area contributed by atoms with Gasteiger partial charge in [0.05, 0.1) is 13.0 Å². The summed E-state index contributed by atoms with van der Waals surface area (Å²) in [5.74, 6) is -1.57. The molecule has 3 nitrogen and oxygen atoms in total. The molecule has 100 valence electrons. The maximum absolute atomic E-state index is 12.4. The molecule has 0 aromatic carbocycles. The van der Waals surface area contributed by atoms with E-state index in [1.54, 1.807) is 6.92 Å². The maximum Gasteiger partial charge on any atom is 0.391 e. The predicted molar refractivity (Wildman–Crippen MR) is 56.4 cm³/mol. The van der Waals surface area contributed by atoms with Crippen molar-refractivity contribution >= 4 is 5.97 Å². The molecule has 0 saturated heterocycles. The van der Waals surface area contributed by atoms with E-state index < -0.39 is 18.1 Å². The van der Waals surface area contributed by atoms with Crippen LogP contribution in [0.4, 0.5) is 13.2 Å². The van der Waals surface area contributed by atoms with Crippen molar-refractivity contribution in [1.29, 1.82) is 0 Å². The van der Waals surface area contributed by atoms with Crippen LogP contribution in [0.25, 0.3) is 0 Å². The van der Waals surface area contributed by atoms with E-state index in [1.165, 1.54) is 7.11 Å². The third-order valence-corrected chi connectivity index (χ3v) is 3.23. The molecule has 1 aliphatic rings. The SMILES string of the molecule is COC(=O)[C@H](C)NC1CCC(C(F)(F)F)CC1. The quantitative estimate of drug-likeness (QED) is 0.784. The Kier molecular flexibility index (Phi) is 4.80. The number of esters is 1. The molecule has 0 aromatic heterocycles. The molecule has 1 aliphatic carbocycles. The Balaban J connectivity index is 2.35. The number of halogens is 3. The van der Waals surface area contributed by atoms with Crippen LogP contribution in [0.15, 0.2) is 0 Å². The maximum atomic E-state index is 12.4. The van der Waals surface area contributed by atoms with E-state index in [9.17, 15) is 18.0 Å². The molecule has 0 unspecified atom stereocenters. The number of hydrogen-bond donors (Lipinski definition) is 1. The molecular weight excluding hydrogens is 235 g/mol. The van der Waals surface area contributed by atoms with E-state index >= 15 is 0 Å². The second kappa shape index (κ2) is 5.71. The number of nitrogens with one attached hydrogen (secondary N) is 1. The lowest BCUT2D eigenvalue weighted by Gasteiger charge is -2.31. The Morgan fingerprint density at radius 1 is 1.29 bits per heavy atom. The minimum atomic E-state index is -4.08. The van der Waals surface area contributed by atoms with Gasteiger partial charge < -0.3 is 10.1 Å². The fraction of sp³-hybridized carbons (Fsp3) is 0.909. The summed E-state index contributed by atoms with van der Waals surface area (Å²) in [6.07, 6.45) is -2.92. The van der Waals surface area contributed by atoms with Gasteiger partial charge in [-0.1, -0.05) is 0 Å². The Hall–Kier alpha value is -0.780. The van der Waals surface area contributed by atoms with Crippen LogP contribution in [-0.4, -0.2) is 31.3 Å². The topological polar surface area (TPSA) is 38.3 Å². The van der Waals surface area contributed by atoms with Crippen LogP contribution in [0.5, 0.6) is 0 Å². The number of methoxy groups -OCH3 is 1. The standard InChI is InChI=1S/C11H18F3NO2/c1-7(10(16)17-2)15-9-5-3-8(4-6-9)11(12,13)14/h7-9,15H,3-6H2,1-2H3/t7-,8?,9?/m0/s1. The van der Waals surface area contributed by atoms with Gasteiger partial charge in [0.1, 0.15) is 6.04 Å². The largest absolute Gasteiger partial charge is 0.468 e. The Morgan fingerprint density at radius 2 is 1.82 bits per heavy atom. The van der Waals surface area contributed by atoms with E-state index in [0.29, 0.717) is 12.8 Å². The van der Waals surface area contributed by atoms with Crippen molar-refractivity contribution in [2.24, 2.45) is 5.92 Å². The lowest BCUT2D eigenvalue weighted by atomic mass is 9.85. The van der Waals surface area contributed by atoms with Gasteiger partial charge in [0.25, 0.3) is 0 Å². The van der Waals surface area contributed by atoms with Gasteiger partial charge in [0.2, 0.25) is 0 Å². The first kappa shape index (κ1) is 14.3. The fourth-order valence-electron chi connectivity index (χ4n) is 2.19. The molecule has 0 heterocycles. The van der Waals surface area contributed by atoms with Gasteiger partial charge in [0.15, 0.2) is 0 Å². The summed E-state index contributed by atoms with van der Waals surface area (Å²) < 4.78 is 41.8. The van der Waals surface area contributed by atoms with Crippen molar-refractivity contribution in [2.45, 2.75) is 50.9 Å². The first-order valence-electron chi connectivity index (χ1n) is 5.75. The summed E-state index contributed by atoms with van der Waals surface area (Å²) in [6, 6.07) is -0.491. The van der Waals surface area contributed by atoms with Crippen LogP contribution in [-0.2, 0) is 9.53 Å². The lowest BCUT2D eigenvalue weighted by Crippen LogP contribution is -2.44. The van der Waals surface area contributed by atoms with Crippen molar-refractivity contribution in [1.82, 2.24) is 5.32 Å². The van der Waals surface area contributed by atoms with Gasteiger partial charge in [-0.15, -0.1) is 0 Å². The van der Waals surface area contributed by atoms with E-state index in [1.807, 2.05) is 0 Å². The number of ether oxygens (including phenoxy) is 1. The van der Waals surface area contributed by atoms with Gasteiger partial charge in [-0.25, -0.2) is 0 Å². The highest BCUT2D eigenvalue weighted by molar-refractivity contribution is 5.75. The molecule has 0 aromatic rings. The van der Waals surface area contributed by atoms with Gasteiger partial charge in [-0.2, -0.15) is 13.2 Å². The Morgan fingerprint density at radius 3 is 2.24 bits per heavy atom. The zero-order valence-electron chi connectivity index (χ0n) is 10.0. The number of carbonyl (C=O) groups excluding carboxylic acids is 1. The molecule has 1 atom stereocenters. The van der Waals surface area contributed by atoms with E-state index in [4.69, 9.17) is 0 Å². The van der Waals surface area contributed by atoms with E-state index in [2.05, 4.69) is 10.1 Å². The predicted octanol–water partition coefficient (Wildman–Crippen LogP) is 2.26. The summed E-state index contributed by atoms with van der Waals surface area (Å²) in [5, 5.41) is 3.00. The van der Waals surface area contributed by atoms with Gasteiger partial charge in [0, 0.05) is 6.04 Å². The molecule has 0 bridgehead atoms. The highest BCUT2D eigenvalue weighted by atomic mass is 19.4. The molecule has 0 amide bonds. The molecule has 0 spiro atoms. The first-order chi connectivity index (χ1) is 7.84. The lowest BCUT2D eigenvalue weighted by molar-refractivity contribution is -0.183. The monoisotopic (exact) mass is 253 g/mol. The highest BCUT2D eigenvalue weighted by Crippen LogP contribution is 2.37. The van der Waals surface area contributed by atoms with Crippen LogP contribution in [0.3, 0.4) is 0 Å². The van der Waals surface area contributed by atoms with Crippen LogP contribution >= 0.6 is 0 Å². The van der Waals surface area contributed by atoms with Crippen molar-refractivity contribution in [3.8, 4) is 0 Å². The zero-order valence-corrected chi connectivity index (χ0v) is 10.0. The van der Waals surface area contributed by atoms with Gasteiger partial charge >= 0.3 is 12.1 Å². The van der Waals surface area contributed by atoms with Crippen molar-refractivity contribution in [3.63, 3.8) is 0 Å². The molecule has 0 radical (unpaired) electrons. The minimum absolute atomic E-state index is 0.0253. The van der Waals surface area contributed by atoms with Gasteiger partial charge in [-0.3, -0.25) is 4.79 Å². The summed E-state index contributed by atoms with van der Waals surface area (Å²) >= 11 is 0. The molecule has 1 fully saturated rings. The molecule has 1 N–H and O–H groups in total. The van der Waals surface area contributed by atoms with Gasteiger partial charge in [-0.05, 0) is 32.6 Å². The average molecular weight is 253 g/mol. The second-order valence-electron chi connectivity index (χ2n) is 4.50. The van der Waals surface area contributed by atoms with E-state index in [-0.39, 0.29) is 24.9 Å². The van der Waals surface area contributed by atoms with Crippen molar-refractivity contribution in [3.05, 3.63) is 0 Å². The molecule has 17 heavy (non-hydrogen) atoms. The molecule has 1 saturated carbocycles. The smallest absolute Gasteiger partial charge is 0.391 e. The third kappa shape index (κ3) is 4.18. The molecule has 6 heteroatoms. The fourth-order valence-corrected chi connectivity index (χ4v) is 2.19. The van der Waals surface area contributed by atoms with Crippen LogP contribution in [0.1, 0.15) is 32.6 Å². The number of hydrogen-bond acceptors (Lipinski definition) is 3. The molecule has 1 rings (SSSR count). The van der Waals surface area contributed by atoms with Crippen molar-refractivity contribution < 1.29 is 22.7 Å². The minimum Gasteiger partial charge on any atom is -0.468 e. The third-order valence-electron chi connectivity index (χ3n) is 3.23. The van der Waals surface area contributed by atoms with Crippen LogP contribution in [0, 0.1) is 5.92 Å². The summed E-state index contributed by atoms with van der Waals surface area (Å²) in [5.41, 5.74) is 0. The van der Waals surface area contributed by atoms with Crippen LogP contribution < -0.4 is 5.32 Å². The number of rotatable bonds is 3. The number of alkyl halides is 3. The molecular formula is C11H18F3NO2. The summed E-state index contributed by atoms with van der Waals surface area (Å²) in [7, 11) is 1.29.